The van der Waals surface area contributed by atoms with E-state index in [1.807, 2.05) is 0 Å². The highest BCUT2D eigenvalue weighted by atomic mass is 35.5. The van der Waals surface area contributed by atoms with E-state index in [1.54, 1.807) is 6.07 Å². The number of pyridine rings is 1. The highest BCUT2D eigenvalue weighted by Gasteiger charge is 2.21. The molecule has 1 aliphatic rings. The molecule has 142 valence electrons. The van der Waals surface area contributed by atoms with E-state index in [0.717, 1.165) is 17.4 Å². The van der Waals surface area contributed by atoms with Crippen LogP contribution in [-0.2, 0) is 6.50 Å². The second-order valence-electron chi connectivity index (χ2n) is 5.79. The lowest BCUT2D eigenvalue weighted by Gasteiger charge is -2.39. The number of halogens is 1. The first-order valence-corrected chi connectivity index (χ1v) is 8.51. The van der Waals surface area contributed by atoms with Crippen LogP contribution in [0.25, 0.3) is 5.65 Å². The van der Waals surface area contributed by atoms with Crippen LogP contribution in [0.4, 0.5) is 5.69 Å². The number of aromatic nitrogens is 3. The molecule has 1 atom stereocenters. The van der Waals surface area contributed by atoms with E-state index in [1.165, 1.54) is 36.5 Å². The van der Waals surface area contributed by atoms with Gasteiger partial charge in [0.15, 0.2) is 5.65 Å². The Hall–Kier alpha value is -2.31. The van der Waals surface area contributed by atoms with Gasteiger partial charge in [0.2, 0.25) is 0 Å². The Kier molecular flexibility index (Phi) is 2.65. The standard InChI is InChI=1S/C20H24ClN5O/c1-16(8-10-26-20(27)25-9-3-2-7-19(25)22-26)23-11-13-24(14-12-23)18-6-4-5-17(21)15-18/h2-7,9,15-16H,8,10-14H2,1H3/i10D2,11D2,12D2,13D2,14D2,16D. The van der Waals surface area contributed by atoms with Gasteiger partial charge in [-0.2, -0.15) is 0 Å². The maximum absolute atomic E-state index is 12.8. The van der Waals surface area contributed by atoms with Crippen molar-refractivity contribution >= 4 is 22.9 Å². The summed E-state index contributed by atoms with van der Waals surface area (Å²) >= 11 is 5.99. The van der Waals surface area contributed by atoms with Crippen molar-refractivity contribution in [2.75, 3.05) is 30.9 Å². The molecule has 1 saturated heterocycles. The second kappa shape index (κ2) is 7.74. The van der Waals surface area contributed by atoms with Gasteiger partial charge >= 0.3 is 5.69 Å². The van der Waals surface area contributed by atoms with E-state index < -0.39 is 50.6 Å². The van der Waals surface area contributed by atoms with Gasteiger partial charge in [0.1, 0.15) is 0 Å². The number of fused-ring (bicyclic) bond motifs is 1. The van der Waals surface area contributed by atoms with Gasteiger partial charge in [-0.3, -0.25) is 9.30 Å². The molecule has 1 aliphatic heterocycles. The van der Waals surface area contributed by atoms with Crippen LogP contribution in [0.5, 0.6) is 0 Å². The highest BCUT2D eigenvalue weighted by molar-refractivity contribution is 6.30. The SMILES string of the molecule is [2H]C(C)(CC([2H])([2H])n1nc2ccccn2c1=O)N1C([2H])([2H])C([2H])([2H])N(c2cccc(Cl)c2)C([2H])([2H])C1([2H])[2H]. The van der Waals surface area contributed by atoms with Crippen LogP contribution >= 0.6 is 11.6 Å². The Morgan fingerprint density at radius 2 is 2.07 bits per heavy atom. The molecule has 1 fully saturated rings. The van der Waals surface area contributed by atoms with E-state index >= 15 is 0 Å². The molecular formula is C20H24ClN5O. The van der Waals surface area contributed by atoms with Crippen LogP contribution in [0.1, 0.15) is 28.4 Å². The summed E-state index contributed by atoms with van der Waals surface area (Å²) in [5, 5.41) is 4.01. The molecule has 0 N–H and O–H groups in total. The molecule has 2 aromatic heterocycles. The molecule has 0 saturated carbocycles. The number of benzene rings is 1. The van der Waals surface area contributed by atoms with Crippen LogP contribution in [-0.4, -0.2) is 51.1 Å². The third-order valence-electron chi connectivity index (χ3n) is 3.91. The molecule has 4 rings (SSSR count). The lowest BCUT2D eigenvalue weighted by atomic mass is 10.1. The van der Waals surface area contributed by atoms with Crippen molar-refractivity contribution in [2.45, 2.75) is 25.9 Å². The van der Waals surface area contributed by atoms with E-state index in [-0.39, 0.29) is 21.3 Å². The van der Waals surface area contributed by atoms with Crippen LogP contribution in [0.15, 0.2) is 53.5 Å². The summed E-state index contributed by atoms with van der Waals surface area (Å²) in [5.74, 6) is 0. The Bertz CT molecular complexity index is 1410. The fraction of sp³-hybridized carbons (Fsp3) is 0.400. The van der Waals surface area contributed by atoms with Crippen molar-refractivity contribution in [2.24, 2.45) is 0 Å². The third kappa shape index (κ3) is 3.87. The average molecular weight is 397 g/mol. The predicted octanol–water partition coefficient (Wildman–Crippen LogP) is 2.75. The molecule has 3 heterocycles. The zero-order chi connectivity index (χ0) is 28.7. The third-order valence-corrected chi connectivity index (χ3v) is 4.14. The fourth-order valence-electron chi connectivity index (χ4n) is 2.49. The van der Waals surface area contributed by atoms with Gasteiger partial charge in [0.25, 0.3) is 0 Å². The smallest absolute Gasteiger partial charge is 0.350 e. The summed E-state index contributed by atoms with van der Waals surface area (Å²) in [5.41, 5.74) is -1.04. The van der Waals surface area contributed by atoms with Gasteiger partial charge in [0, 0.05) is 62.3 Å². The summed E-state index contributed by atoms with van der Waals surface area (Å²) in [6, 6.07) is 7.11. The minimum Gasteiger partial charge on any atom is -0.369 e. The molecule has 0 amide bonds. The van der Waals surface area contributed by atoms with Crippen LogP contribution in [0.3, 0.4) is 0 Å². The van der Waals surface area contributed by atoms with E-state index in [4.69, 9.17) is 26.7 Å². The largest absolute Gasteiger partial charge is 0.369 e. The lowest BCUT2D eigenvalue weighted by molar-refractivity contribution is 0.182. The predicted molar refractivity (Wildman–Crippen MR) is 109 cm³/mol. The second-order valence-corrected chi connectivity index (χ2v) is 6.23. The Balaban J connectivity index is 1.83. The molecule has 1 aromatic carbocycles. The Morgan fingerprint density at radius 3 is 2.81 bits per heavy atom. The van der Waals surface area contributed by atoms with E-state index in [0.29, 0.717) is 9.58 Å². The average Bonchev–Trinajstić information content (AvgIpc) is 3.09. The summed E-state index contributed by atoms with van der Waals surface area (Å²) in [6.45, 7) is -15.2. The monoisotopic (exact) mass is 396 g/mol. The number of anilines is 1. The molecule has 3 aromatic rings. The number of piperazine rings is 1. The molecule has 0 aliphatic carbocycles. The molecule has 0 radical (unpaired) electrons. The van der Waals surface area contributed by atoms with Gasteiger partial charge < -0.3 is 4.90 Å². The molecule has 6 nitrogen and oxygen atoms in total. The molecule has 27 heavy (non-hydrogen) atoms. The summed E-state index contributed by atoms with van der Waals surface area (Å²) < 4.78 is 96.5. The maximum Gasteiger partial charge on any atom is 0.350 e. The van der Waals surface area contributed by atoms with Crippen LogP contribution in [0, 0.1) is 0 Å². The van der Waals surface area contributed by atoms with Crippen molar-refractivity contribution in [3.8, 4) is 0 Å². The normalized spacial score (nSPS) is 31.9. The van der Waals surface area contributed by atoms with Crippen molar-refractivity contribution < 1.29 is 15.1 Å². The Morgan fingerprint density at radius 1 is 1.26 bits per heavy atom. The zero-order valence-corrected chi connectivity index (χ0v) is 15.1. The van der Waals surface area contributed by atoms with Gasteiger partial charge in [-0.1, -0.05) is 23.7 Å². The zero-order valence-electron chi connectivity index (χ0n) is 25.3. The fourth-order valence-corrected chi connectivity index (χ4v) is 2.67. The number of hydrogen-bond acceptors (Lipinski definition) is 4. The van der Waals surface area contributed by atoms with Crippen LogP contribution < -0.4 is 10.6 Å². The van der Waals surface area contributed by atoms with Gasteiger partial charge in [-0.15, -0.1) is 5.10 Å². The molecule has 7 heteroatoms. The molecule has 0 spiro atoms. The summed E-state index contributed by atoms with van der Waals surface area (Å²) in [6.07, 6.45) is 0.276. The van der Waals surface area contributed by atoms with Gasteiger partial charge in [-0.05, 0) is 43.7 Å². The van der Waals surface area contributed by atoms with E-state index in [2.05, 4.69) is 5.10 Å². The first-order valence-electron chi connectivity index (χ1n) is 13.6. The minimum atomic E-state index is -3.40. The summed E-state index contributed by atoms with van der Waals surface area (Å²) in [4.78, 5) is 13.1. The lowest BCUT2D eigenvalue weighted by Crippen LogP contribution is -2.50. The van der Waals surface area contributed by atoms with Crippen molar-refractivity contribution in [3.05, 3.63) is 64.2 Å². The van der Waals surface area contributed by atoms with Gasteiger partial charge in [0.05, 0.1) is 8.22 Å². The van der Waals surface area contributed by atoms with E-state index in [9.17, 15) is 4.79 Å². The maximum atomic E-state index is 12.8. The number of nitrogens with zero attached hydrogens (tertiary/aromatic N) is 5. The minimum absolute atomic E-state index is 0.0483. The molecular weight excluding hydrogens is 362 g/mol. The first-order chi connectivity index (χ1) is 17.2. The number of hydrogen-bond donors (Lipinski definition) is 0. The Labute approximate surface area is 179 Å². The topological polar surface area (TPSA) is 45.8 Å². The molecule has 0 bridgehead atoms. The molecule has 1 unspecified atom stereocenters. The first kappa shape index (κ1) is 9.26. The quantitative estimate of drug-likeness (QED) is 0.665. The van der Waals surface area contributed by atoms with Crippen molar-refractivity contribution in [3.63, 3.8) is 0 Å². The van der Waals surface area contributed by atoms with Crippen molar-refractivity contribution in [1.29, 1.82) is 0 Å². The van der Waals surface area contributed by atoms with Crippen molar-refractivity contribution in [1.82, 2.24) is 19.1 Å². The van der Waals surface area contributed by atoms with Gasteiger partial charge in [-0.25, -0.2) is 9.48 Å². The highest BCUT2D eigenvalue weighted by Crippen LogP contribution is 2.21. The summed E-state index contributed by atoms with van der Waals surface area (Å²) in [7, 11) is 0. The number of aryl methyl sites for hydroxylation is 1. The number of rotatable bonds is 5. The van der Waals surface area contributed by atoms with Crippen LogP contribution in [0.2, 0.25) is 5.02 Å².